The smallest absolute Gasteiger partial charge is 0.245 e. The van der Waals surface area contributed by atoms with Crippen molar-refractivity contribution in [3.8, 4) is 0 Å². The first kappa shape index (κ1) is 19.3. The Bertz CT molecular complexity index is 985. The summed E-state index contributed by atoms with van der Waals surface area (Å²) in [5.74, 6) is 0.126. The van der Waals surface area contributed by atoms with Gasteiger partial charge in [-0.25, -0.2) is 0 Å². The number of nitrogens with zero attached hydrogens (tertiary/aromatic N) is 3. The van der Waals surface area contributed by atoms with Crippen LogP contribution in [0, 0.1) is 6.92 Å². The van der Waals surface area contributed by atoms with Crippen LogP contribution in [0.3, 0.4) is 0 Å². The fourth-order valence-electron chi connectivity index (χ4n) is 4.34. The van der Waals surface area contributed by atoms with E-state index in [4.69, 9.17) is 0 Å². The number of pyridine rings is 1. The lowest BCUT2D eigenvalue weighted by Crippen LogP contribution is -2.46. The fraction of sp³-hybridized carbons (Fsp3) is 0.280. The predicted molar refractivity (Wildman–Crippen MR) is 116 cm³/mol. The van der Waals surface area contributed by atoms with Crippen LogP contribution in [0.4, 0.5) is 0 Å². The molecule has 1 aromatic heterocycles. The first-order valence-corrected chi connectivity index (χ1v) is 10.1. The predicted octanol–water partition coefficient (Wildman–Crippen LogP) is 4.17. The number of carbonyl (C=O) groups excluding carboxylic acids is 1. The Labute approximate surface area is 172 Å². The van der Waals surface area contributed by atoms with Crippen LogP contribution in [0.1, 0.15) is 39.9 Å². The van der Waals surface area contributed by atoms with Crippen molar-refractivity contribution in [2.45, 2.75) is 25.4 Å². The Balaban J connectivity index is 1.79. The van der Waals surface area contributed by atoms with Crippen LogP contribution in [0.2, 0.25) is 0 Å². The van der Waals surface area contributed by atoms with Gasteiger partial charge in [-0.1, -0.05) is 60.2 Å². The largest absolute Gasteiger partial charge is 0.329 e. The molecule has 1 amide bonds. The molecule has 2 heterocycles. The quantitative estimate of drug-likeness (QED) is 0.676. The SMILES string of the molecule is Cc1ccc2c(c1)CCN(C(=O)C(c1ccccc1)N(C)C)C2c1cccnc1. The van der Waals surface area contributed by atoms with Gasteiger partial charge in [0, 0.05) is 18.9 Å². The standard InChI is InChI=1S/C25H27N3O/c1-18-11-12-22-20(16-18)13-15-28(23(22)21-10-7-14-26-17-21)25(29)24(27(2)3)19-8-5-4-6-9-19/h4-12,14,16-17,23-24H,13,15H2,1-3H3. The first-order chi connectivity index (χ1) is 14.1. The summed E-state index contributed by atoms with van der Waals surface area (Å²) in [4.78, 5) is 22.2. The molecular weight excluding hydrogens is 358 g/mol. The number of hydrogen-bond acceptors (Lipinski definition) is 3. The third-order valence-electron chi connectivity index (χ3n) is 5.68. The number of likely N-dealkylation sites (N-methyl/N-ethyl adjacent to an activating group) is 1. The first-order valence-electron chi connectivity index (χ1n) is 10.1. The van der Waals surface area contributed by atoms with Gasteiger partial charge in [-0.15, -0.1) is 0 Å². The highest BCUT2D eigenvalue weighted by molar-refractivity contribution is 5.84. The molecular formula is C25H27N3O. The Hall–Kier alpha value is -2.98. The van der Waals surface area contributed by atoms with Gasteiger partial charge < -0.3 is 4.90 Å². The molecule has 4 heteroatoms. The number of hydrogen-bond donors (Lipinski definition) is 0. The van der Waals surface area contributed by atoms with Crippen LogP contribution >= 0.6 is 0 Å². The van der Waals surface area contributed by atoms with Crippen molar-refractivity contribution >= 4 is 5.91 Å². The summed E-state index contributed by atoms with van der Waals surface area (Å²) in [6.07, 6.45) is 4.53. The van der Waals surface area contributed by atoms with E-state index in [9.17, 15) is 4.79 Å². The zero-order chi connectivity index (χ0) is 20.4. The van der Waals surface area contributed by atoms with E-state index in [0.717, 1.165) is 17.5 Å². The van der Waals surface area contributed by atoms with Crippen LogP contribution in [-0.2, 0) is 11.2 Å². The molecule has 2 unspecified atom stereocenters. The Kier molecular flexibility index (Phi) is 5.45. The molecule has 0 N–H and O–H groups in total. The van der Waals surface area contributed by atoms with Crippen molar-refractivity contribution < 1.29 is 4.79 Å². The van der Waals surface area contributed by atoms with Gasteiger partial charge in [-0.2, -0.15) is 0 Å². The van der Waals surface area contributed by atoms with Gasteiger partial charge in [0.05, 0.1) is 6.04 Å². The molecule has 2 atom stereocenters. The zero-order valence-electron chi connectivity index (χ0n) is 17.2. The topological polar surface area (TPSA) is 36.4 Å². The monoisotopic (exact) mass is 385 g/mol. The number of aromatic nitrogens is 1. The Morgan fingerprint density at radius 2 is 1.90 bits per heavy atom. The van der Waals surface area contributed by atoms with Crippen molar-refractivity contribution in [1.82, 2.24) is 14.8 Å². The van der Waals surface area contributed by atoms with Crippen molar-refractivity contribution in [3.63, 3.8) is 0 Å². The normalized spacial score (nSPS) is 17.1. The third-order valence-corrected chi connectivity index (χ3v) is 5.68. The summed E-state index contributed by atoms with van der Waals surface area (Å²) in [7, 11) is 3.94. The molecule has 0 saturated heterocycles. The summed E-state index contributed by atoms with van der Waals surface area (Å²) in [6.45, 7) is 2.82. The number of amides is 1. The summed E-state index contributed by atoms with van der Waals surface area (Å²) >= 11 is 0. The van der Waals surface area contributed by atoms with Gasteiger partial charge >= 0.3 is 0 Å². The number of aryl methyl sites for hydroxylation is 1. The van der Waals surface area contributed by atoms with Gasteiger partial charge in [-0.3, -0.25) is 14.7 Å². The number of fused-ring (bicyclic) bond motifs is 1. The summed E-state index contributed by atoms with van der Waals surface area (Å²) in [6, 6.07) is 20.2. The fourth-order valence-corrected chi connectivity index (χ4v) is 4.34. The van der Waals surface area contributed by atoms with E-state index < -0.39 is 0 Å². The highest BCUT2D eigenvalue weighted by Crippen LogP contribution is 2.37. The molecule has 4 nitrogen and oxygen atoms in total. The molecule has 29 heavy (non-hydrogen) atoms. The average molecular weight is 386 g/mol. The van der Waals surface area contributed by atoms with Crippen molar-refractivity contribution in [2.24, 2.45) is 0 Å². The van der Waals surface area contributed by atoms with Gasteiger partial charge in [-0.05, 0) is 55.8 Å². The van der Waals surface area contributed by atoms with Crippen LogP contribution in [0.25, 0.3) is 0 Å². The van der Waals surface area contributed by atoms with Gasteiger partial charge in [0.1, 0.15) is 6.04 Å². The molecule has 4 rings (SSSR count). The maximum absolute atomic E-state index is 13.9. The number of benzene rings is 2. The maximum Gasteiger partial charge on any atom is 0.245 e. The zero-order valence-corrected chi connectivity index (χ0v) is 17.2. The second-order valence-corrected chi connectivity index (χ2v) is 7.95. The van der Waals surface area contributed by atoms with Gasteiger partial charge in [0.15, 0.2) is 0 Å². The van der Waals surface area contributed by atoms with Gasteiger partial charge in [0.2, 0.25) is 5.91 Å². The molecule has 0 saturated carbocycles. The maximum atomic E-state index is 13.9. The molecule has 0 radical (unpaired) electrons. The van der Waals surface area contributed by atoms with Crippen LogP contribution < -0.4 is 0 Å². The summed E-state index contributed by atoms with van der Waals surface area (Å²) < 4.78 is 0. The number of rotatable bonds is 4. The molecule has 1 aliphatic rings. The van der Waals surface area contributed by atoms with E-state index in [2.05, 4.69) is 36.2 Å². The van der Waals surface area contributed by atoms with E-state index in [-0.39, 0.29) is 18.0 Å². The lowest BCUT2D eigenvalue weighted by molar-refractivity contribution is -0.138. The lowest BCUT2D eigenvalue weighted by Gasteiger charge is -2.40. The number of carbonyl (C=O) groups is 1. The minimum absolute atomic E-state index is 0.119. The van der Waals surface area contributed by atoms with E-state index in [1.807, 2.05) is 66.5 Å². The second kappa shape index (κ2) is 8.18. The lowest BCUT2D eigenvalue weighted by atomic mass is 9.87. The van der Waals surface area contributed by atoms with E-state index in [1.165, 1.54) is 16.7 Å². The molecule has 148 valence electrons. The highest BCUT2D eigenvalue weighted by atomic mass is 16.2. The Morgan fingerprint density at radius 1 is 1.10 bits per heavy atom. The molecule has 0 bridgehead atoms. The van der Waals surface area contributed by atoms with Gasteiger partial charge in [0.25, 0.3) is 0 Å². The third kappa shape index (κ3) is 3.81. The van der Waals surface area contributed by atoms with E-state index in [1.54, 1.807) is 6.20 Å². The minimum atomic E-state index is -0.317. The molecule has 1 aliphatic heterocycles. The summed E-state index contributed by atoms with van der Waals surface area (Å²) in [5, 5.41) is 0. The molecule has 0 fully saturated rings. The van der Waals surface area contributed by atoms with Crippen LogP contribution in [0.5, 0.6) is 0 Å². The summed E-state index contributed by atoms with van der Waals surface area (Å²) in [5.41, 5.74) is 5.85. The average Bonchev–Trinajstić information content (AvgIpc) is 2.74. The minimum Gasteiger partial charge on any atom is -0.329 e. The molecule has 0 aliphatic carbocycles. The molecule has 0 spiro atoms. The van der Waals surface area contributed by atoms with Crippen LogP contribution in [0.15, 0.2) is 73.1 Å². The van der Waals surface area contributed by atoms with E-state index in [0.29, 0.717) is 6.54 Å². The highest BCUT2D eigenvalue weighted by Gasteiger charge is 2.36. The van der Waals surface area contributed by atoms with Crippen molar-refractivity contribution in [3.05, 3.63) is 101 Å². The second-order valence-electron chi connectivity index (χ2n) is 7.95. The Morgan fingerprint density at radius 3 is 2.59 bits per heavy atom. The molecule has 3 aromatic rings. The van der Waals surface area contributed by atoms with Crippen molar-refractivity contribution in [1.29, 1.82) is 0 Å². The van der Waals surface area contributed by atoms with Crippen molar-refractivity contribution in [2.75, 3.05) is 20.6 Å². The van der Waals surface area contributed by atoms with E-state index >= 15 is 0 Å². The molecule has 2 aromatic carbocycles. The van der Waals surface area contributed by atoms with Crippen LogP contribution in [-0.4, -0.2) is 41.3 Å².